The summed E-state index contributed by atoms with van der Waals surface area (Å²) < 4.78 is 16.3. The summed E-state index contributed by atoms with van der Waals surface area (Å²) in [6.07, 6.45) is 3.10. The molecule has 2 N–H and O–H groups in total. The van der Waals surface area contributed by atoms with Crippen LogP contribution >= 0.6 is 0 Å². The fourth-order valence-corrected chi connectivity index (χ4v) is 2.57. The van der Waals surface area contributed by atoms with Crippen LogP contribution in [0.25, 0.3) is 6.08 Å². The van der Waals surface area contributed by atoms with Gasteiger partial charge in [-0.2, -0.15) is 0 Å². The Morgan fingerprint density at radius 1 is 0.931 bits per heavy atom. The van der Waals surface area contributed by atoms with Crippen molar-refractivity contribution in [2.75, 3.05) is 24.9 Å². The fourth-order valence-electron chi connectivity index (χ4n) is 2.57. The van der Waals surface area contributed by atoms with Gasteiger partial charge in [-0.05, 0) is 55.8 Å². The Hall–Kier alpha value is -3.48. The number of hydrogen-bond donors (Lipinski definition) is 2. The highest BCUT2D eigenvalue weighted by molar-refractivity contribution is 6.03. The molecule has 7 heteroatoms. The molecule has 0 saturated heterocycles. The standard InChI is InChI=1S/C22H26N2O5/c1-14(2)29-20-9-6-16(12-21(20)28-5)7-11-22(26)24-18-13-17(23-15(3)25)8-10-19(18)27-4/h6-14H,1-5H3,(H,23,25)(H,24,26)/b11-7+. The summed E-state index contributed by atoms with van der Waals surface area (Å²) in [4.78, 5) is 23.6. The van der Waals surface area contributed by atoms with Crippen molar-refractivity contribution in [2.24, 2.45) is 0 Å². The monoisotopic (exact) mass is 398 g/mol. The Balaban J connectivity index is 2.14. The van der Waals surface area contributed by atoms with Gasteiger partial charge in [0.15, 0.2) is 11.5 Å². The Morgan fingerprint density at radius 2 is 1.62 bits per heavy atom. The van der Waals surface area contributed by atoms with Crippen LogP contribution in [0.3, 0.4) is 0 Å². The summed E-state index contributed by atoms with van der Waals surface area (Å²) in [7, 11) is 3.07. The average molecular weight is 398 g/mol. The molecule has 0 radical (unpaired) electrons. The molecule has 0 unspecified atom stereocenters. The topological polar surface area (TPSA) is 85.9 Å². The molecule has 7 nitrogen and oxygen atoms in total. The average Bonchev–Trinajstić information content (AvgIpc) is 2.66. The lowest BCUT2D eigenvalue weighted by molar-refractivity contribution is -0.114. The molecule has 0 saturated carbocycles. The molecular weight excluding hydrogens is 372 g/mol. The third-order valence-corrected chi connectivity index (χ3v) is 3.76. The number of amides is 2. The highest BCUT2D eigenvalue weighted by Crippen LogP contribution is 2.30. The first-order valence-electron chi connectivity index (χ1n) is 9.11. The minimum atomic E-state index is -0.343. The predicted molar refractivity (Wildman–Crippen MR) is 114 cm³/mol. The minimum Gasteiger partial charge on any atom is -0.495 e. The van der Waals surface area contributed by atoms with Crippen LogP contribution in [0, 0.1) is 0 Å². The van der Waals surface area contributed by atoms with Gasteiger partial charge in [-0.15, -0.1) is 0 Å². The van der Waals surface area contributed by atoms with Crippen molar-refractivity contribution in [1.29, 1.82) is 0 Å². The number of methoxy groups -OCH3 is 2. The SMILES string of the molecule is COc1ccc(NC(C)=O)cc1NC(=O)/C=C/c1ccc(OC(C)C)c(OC)c1. The first-order chi connectivity index (χ1) is 13.8. The van der Waals surface area contributed by atoms with Crippen molar-refractivity contribution in [3.05, 3.63) is 48.0 Å². The summed E-state index contributed by atoms with van der Waals surface area (Å²) in [6, 6.07) is 10.4. The lowest BCUT2D eigenvalue weighted by Gasteiger charge is -2.13. The second-order valence-electron chi connectivity index (χ2n) is 6.50. The van der Waals surface area contributed by atoms with E-state index in [1.165, 1.54) is 20.1 Å². The molecule has 0 bridgehead atoms. The molecule has 2 aromatic carbocycles. The zero-order valence-electron chi connectivity index (χ0n) is 17.2. The maximum atomic E-state index is 12.4. The molecule has 154 valence electrons. The highest BCUT2D eigenvalue weighted by atomic mass is 16.5. The molecule has 0 atom stereocenters. The molecule has 0 fully saturated rings. The zero-order chi connectivity index (χ0) is 21.4. The first-order valence-corrected chi connectivity index (χ1v) is 9.11. The van der Waals surface area contributed by atoms with Gasteiger partial charge in [0, 0.05) is 18.7 Å². The molecular formula is C22H26N2O5. The predicted octanol–water partition coefficient (Wildman–Crippen LogP) is 4.10. The normalized spacial score (nSPS) is 10.7. The molecule has 0 aliphatic rings. The van der Waals surface area contributed by atoms with E-state index in [1.54, 1.807) is 43.5 Å². The van der Waals surface area contributed by atoms with Gasteiger partial charge in [0.1, 0.15) is 5.75 Å². The van der Waals surface area contributed by atoms with Crippen LogP contribution in [0.2, 0.25) is 0 Å². The van der Waals surface area contributed by atoms with Gasteiger partial charge in [0.05, 0.1) is 26.0 Å². The molecule has 0 aliphatic carbocycles. The van der Waals surface area contributed by atoms with Crippen LogP contribution < -0.4 is 24.8 Å². The molecule has 0 heterocycles. The number of rotatable bonds is 8. The number of nitrogens with one attached hydrogen (secondary N) is 2. The van der Waals surface area contributed by atoms with Gasteiger partial charge in [-0.25, -0.2) is 0 Å². The quantitative estimate of drug-likeness (QED) is 0.654. The van der Waals surface area contributed by atoms with Gasteiger partial charge in [0.25, 0.3) is 0 Å². The number of ether oxygens (including phenoxy) is 3. The molecule has 2 aromatic rings. The van der Waals surface area contributed by atoms with E-state index >= 15 is 0 Å². The molecule has 0 spiro atoms. The van der Waals surface area contributed by atoms with Crippen molar-refractivity contribution >= 4 is 29.3 Å². The molecule has 2 amide bonds. The van der Waals surface area contributed by atoms with E-state index in [-0.39, 0.29) is 17.9 Å². The number of carbonyl (C=O) groups excluding carboxylic acids is 2. The molecule has 0 aromatic heterocycles. The van der Waals surface area contributed by atoms with Crippen LogP contribution in [0.4, 0.5) is 11.4 Å². The fraction of sp³-hybridized carbons (Fsp3) is 0.273. The number of carbonyl (C=O) groups is 2. The first kappa shape index (κ1) is 21.8. The van der Waals surface area contributed by atoms with Crippen LogP contribution in [-0.2, 0) is 9.59 Å². The molecule has 29 heavy (non-hydrogen) atoms. The van der Waals surface area contributed by atoms with Crippen molar-refractivity contribution in [2.45, 2.75) is 26.9 Å². The Kier molecular flexibility index (Phi) is 7.65. The smallest absolute Gasteiger partial charge is 0.248 e. The summed E-state index contributed by atoms with van der Waals surface area (Å²) in [5.41, 5.74) is 1.79. The van der Waals surface area contributed by atoms with E-state index in [0.29, 0.717) is 28.6 Å². The third kappa shape index (κ3) is 6.57. The summed E-state index contributed by atoms with van der Waals surface area (Å²) >= 11 is 0. The van der Waals surface area contributed by atoms with Crippen LogP contribution in [0.15, 0.2) is 42.5 Å². The van der Waals surface area contributed by atoms with E-state index in [9.17, 15) is 9.59 Å². The van der Waals surface area contributed by atoms with Gasteiger partial charge in [-0.1, -0.05) is 6.07 Å². The summed E-state index contributed by atoms with van der Waals surface area (Å²) in [6.45, 7) is 5.29. The van der Waals surface area contributed by atoms with Crippen LogP contribution in [-0.4, -0.2) is 32.1 Å². The maximum absolute atomic E-state index is 12.4. The van der Waals surface area contributed by atoms with Gasteiger partial charge >= 0.3 is 0 Å². The van der Waals surface area contributed by atoms with E-state index in [1.807, 2.05) is 19.9 Å². The number of benzene rings is 2. The van der Waals surface area contributed by atoms with Crippen LogP contribution in [0.1, 0.15) is 26.3 Å². The number of hydrogen-bond acceptors (Lipinski definition) is 5. The second kappa shape index (κ2) is 10.2. The second-order valence-corrected chi connectivity index (χ2v) is 6.50. The van der Waals surface area contributed by atoms with Crippen molar-refractivity contribution in [3.8, 4) is 17.2 Å². The van der Waals surface area contributed by atoms with Gasteiger partial charge in [-0.3, -0.25) is 9.59 Å². The van der Waals surface area contributed by atoms with Crippen molar-refractivity contribution in [3.63, 3.8) is 0 Å². The van der Waals surface area contributed by atoms with Gasteiger partial charge < -0.3 is 24.8 Å². The summed E-state index contributed by atoms with van der Waals surface area (Å²) in [5, 5.41) is 5.42. The largest absolute Gasteiger partial charge is 0.495 e. The minimum absolute atomic E-state index is 0.0271. The lowest BCUT2D eigenvalue weighted by atomic mass is 10.2. The van der Waals surface area contributed by atoms with Crippen molar-refractivity contribution < 1.29 is 23.8 Å². The van der Waals surface area contributed by atoms with E-state index in [0.717, 1.165) is 5.56 Å². The maximum Gasteiger partial charge on any atom is 0.248 e. The Bertz CT molecular complexity index is 906. The van der Waals surface area contributed by atoms with Crippen LogP contribution in [0.5, 0.6) is 17.2 Å². The van der Waals surface area contributed by atoms with E-state index in [4.69, 9.17) is 14.2 Å². The number of anilines is 2. The highest BCUT2D eigenvalue weighted by Gasteiger charge is 2.09. The Morgan fingerprint density at radius 3 is 2.24 bits per heavy atom. The van der Waals surface area contributed by atoms with E-state index in [2.05, 4.69) is 10.6 Å². The third-order valence-electron chi connectivity index (χ3n) is 3.76. The zero-order valence-corrected chi connectivity index (χ0v) is 17.2. The Labute approximate surface area is 170 Å². The summed E-state index contributed by atoms with van der Waals surface area (Å²) in [5.74, 6) is 1.17. The van der Waals surface area contributed by atoms with E-state index < -0.39 is 0 Å². The molecule has 0 aliphatic heterocycles. The lowest BCUT2D eigenvalue weighted by Crippen LogP contribution is -2.11. The molecule has 2 rings (SSSR count). The van der Waals surface area contributed by atoms with Crippen molar-refractivity contribution in [1.82, 2.24) is 0 Å². The van der Waals surface area contributed by atoms with Gasteiger partial charge in [0.2, 0.25) is 11.8 Å².